The Kier molecular flexibility index (Phi) is 5.11. The first-order valence-corrected chi connectivity index (χ1v) is 11.9. The zero-order valence-electron chi connectivity index (χ0n) is 15.6. The summed E-state index contributed by atoms with van der Waals surface area (Å²) >= 11 is 0.893. The Morgan fingerprint density at radius 3 is 2.59 bits per heavy atom. The topological polar surface area (TPSA) is 79.4 Å². The van der Waals surface area contributed by atoms with Gasteiger partial charge in [-0.25, -0.2) is 13.4 Å². The molecular weight excluding hydrogens is 427 g/mol. The number of carbonyl (C=O) groups is 1. The van der Waals surface area contributed by atoms with E-state index in [-0.39, 0.29) is 27.3 Å². The van der Waals surface area contributed by atoms with E-state index in [1.807, 2.05) is 0 Å². The number of nitrogens with zero attached hydrogens (tertiary/aromatic N) is 2. The van der Waals surface area contributed by atoms with Crippen molar-refractivity contribution >= 4 is 37.3 Å². The van der Waals surface area contributed by atoms with Gasteiger partial charge in [-0.2, -0.15) is 13.2 Å². The van der Waals surface area contributed by atoms with Crippen LogP contribution in [0.4, 0.5) is 13.2 Å². The number of nitrogens with one attached hydrogen (secondary N) is 1. The molecule has 2 saturated heterocycles. The fourth-order valence-electron chi connectivity index (χ4n) is 4.11. The number of hydrogen-bond acceptors (Lipinski definition) is 6. The minimum atomic E-state index is -4.56. The Bertz CT molecular complexity index is 1060. The summed E-state index contributed by atoms with van der Waals surface area (Å²) in [5.41, 5.74) is -0.462. The lowest BCUT2D eigenvalue weighted by Gasteiger charge is -2.28. The van der Waals surface area contributed by atoms with E-state index in [2.05, 4.69) is 15.2 Å². The molecule has 0 aromatic carbocycles. The number of hydrogen-bond donors (Lipinski definition) is 1. The lowest BCUT2D eigenvalue weighted by molar-refractivity contribution is -0.140. The van der Waals surface area contributed by atoms with Crippen molar-refractivity contribution in [2.24, 2.45) is 0 Å². The fraction of sp³-hybridized carbons (Fsp3) is 0.556. The van der Waals surface area contributed by atoms with Gasteiger partial charge in [-0.1, -0.05) is 0 Å². The van der Waals surface area contributed by atoms with Crippen LogP contribution in [0.2, 0.25) is 0 Å². The standard InChI is InChI=1S/C18H20F3N3O3S2/c1-10-11-4-5-14(18(19,20)21)23-17(11)28-15(10)16(25)22-12-8-29(26,27)9-13(12)24-6-2-3-7-24/h4-5,12-13H,2-3,6-9H2,1H3,(H,22,25). The highest BCUT2D eigenvalue weighted by Crippen LogP contribution is 2.34. The van der Waals surface area contributed by atoms with E-state index in [1.54, 1.807) is 6.92 Å². The van der Waals surface area contributed by atoms with Crippen LogP contribution in [0, 0.1) is 6.92 Å². The third-order valence-corrected chi connectivity index (χ3v) is 8.47. The van der Waals surface area contributed by atoms with Crippen molar-refractivity contribution in [3.8, 4) is 0 Å². The van der Waals surface area contributed by atoms with Crippen molar-refractivity contribution < 1.29 is 26.4 Å². The molecule has 2 unspecified atom stereocenters. The number of amides is 1. The number of halogens is 3. The molecule has 0 aliphatic carbocycles. The molecule has 4 heterocycles. The van der Waals surface area contributed by atoms with Gasteiger partial charge in [0.15, 0.2) is 9.84 Å². The van der Waals surface area contributed by atoms with Gasteiger partial charge in [0.1, 0.15) is 10.5 Å². The van der Waals surface area contributed by atoms with E-state index in [0.717, 1.165) is 43.3 Å². The molecule has 2 aliphatic rings. The molecule has 1 amide bonds. The summed E-state index contributed by atoms with van der Waals surface area (Å²) in [6.07, 6.45) is -2.56. The van der Waals surface area contributed by atoms with Gasteiger partial charge in [-0.15, -0.1) is 11.3 Å². The summed E-state index contributed by atoms with van der Waals surface area (Å²) < 4.78 is 63.1. The van der Waals surface area contributed by atoms with Gasteiger partial charge in [-0.3, -0.25) is 9.69 Å². The molecule has 1 N–H and O–H groups in total. The second-order valence-electron chi connectivity index (χ2n) is 7.57. The van der Waals surface area contributed by atoms with Crippen LogP contribution >= 0.6 is 11.3 Å². The molecule has 2 aromatic heterocycles. The number of aromatic nitrogens is 1. The molecule has 2 aromatic rings. The average molecular weight is 448 g/mol. The number of fused-ring (bicyclic) bond motifs is 1. The molecule has 4 rings (SSSR count). The van der Waals surface area contributed by atoms with E-state index in [9.17, 15) is 26.4 Å². The van der Waals surface area contributed by atoms with Crippen molar-refractivity contribution in [1.29, 1.82) is 0 Å². The lowest BCUT2D eigenvalue weighted by Crippen LogP contribution is -2.50. The number of rotatable bonds is 3. The maximum Gasteiger partial charge on any atom is 0.433 e. The minimum absolute atomic E-state index is 0.0137. The maximum absolute atomic E-state index is 12.9. The maximum atomic E-state index is 12.9. The molecule has 0 radical (unpaired) electrons. The number of alkyl halides is 3. The second-order valence-corrected chi connectivity index (χ2v) is 10.7. The summed E-state index contributed by atoms with van der Waals surface area (Å²) in [6, 6.07) is 1.42. The Hall–Kier alpha value is -1.72. The van der Waals surface area contributed by atoms with Crippen molar-refractivity contribution in [2.45, 2.75) is 38.0 Å². The highest BCUT2D eigenvalue weighted by atomic mass is 32.2. The highest BCUT2D eigenvalue weighted by Gasteiger charge is 2.42. The van der Waals surface area contributed by atoms with E-state index in [0.29, 0.717) is 10.9 Å². The highest BCUT2D eigenvalue weighted by molar-refractivity contribution is 7.91. The second kappa shape index (κ2) is 7.21. The smallest absolute Gasteiger partial charge is 0.346 e. The molecule has 29 heavy (non-hydrogen) atoms. The van der Waals surface area contributed by atoms with E-state index in [4.69, 9.17) is 0 Å². The summed E-state index contributed by atoms with van der Waals surface area (Å²) in [7, 11) is -3.26. The third-order valence-electron chi connectivity index (χ3n) is 5.55. The first kappa shape index (κ1) is 20.5. The molecule has 6 nitrogen and oxygen atoms in total. The molecule has 0 bridgehead atoms. The number of aryl methyl sites for hydroxylation is 1. The van der Waals surface area contributed by atoms with Crippen LogP contribution in [-0.4, -0.2) is 60.9 Å². The van der Waals surface area contributed by atoms with Crippen LogP contribution in [0.1, 0.15) is 33.8 Å². The Morgan fingerprint density at radius 2 is 1.93 bits per heavy atom. The summed E-state index contributed by atoms with van der Waals surface area (Å²) in [5, 5.41) is 3.31. The van der Waals surface area contributed by atoms with Crippen LogP contribution in [0.15, 0.2) is 12.1 Å². The van der Waals surface area contributed by atoms with Crippen LogP contribution in [-0.2, 0) is 16.0 Å². The monoisotopic (exact) mass is 447 g/mol. The van der Waals surface area contributed by atoms with E-state index in [1.165, 1.54) is 6.07 Å². The van der Waals surface area contributed by atoms with Crippen LogP contribution in [0.5, 0.6) is 0 Å². The SMILES string of the molecule is Cc1c(C(=O)NC2CS(=O)(=O)CC2N2CCCC2)sc2nc(C(F)(F)F)ccc12. The first-order valence-electron chi connectivity index (χ1n) is 9.28. The van der Waals surface area contributed by atoms with Gasteiger partial charge >= 0.3 is 6.18 Å². The van der Waals surface area contributed by atoms with Gasteiger partial charge in [0, 0.05) is 11.4 Å². The van der Waals surface area contributed by atoms with Crippen molar-refractivity contribution in [3.63, 3.8) is 0 Å². The molecule has 11 heteroatoms. The Labute approximate surface area is 170 Å². The fourth-order valence-corrected chi connectivity index (χ4v) is 7.14. The number of thiophene rings is 1. The number of carbonyl (C=O) groups excluding carboxylic acids is 1. The normalized spacial score (nSPS) is 25.0. The molecule has 2 fully saturated rings. The van der Waals surface area contributed by atoms with Gasteiger partial charge in [-0.05, 0) is 50.6 Å². The Morgan fingerprint density at radius 1 is 1.24 bits per heavy atom. The minimum Gasteiger partial charge on any atom is -0.346 e. The van der Waals surface area contributed by atoms with Gasteiger partial charge in [0.2, 0.25) is 0 Å². The quantitative estimate of drug-likeness (QED) is 0.783. The zero-order chi connectivity index (χ0) is 21.0. The summed E-state index contributed by atoms with van der Waals surface area (Å²) in [6.45, 7) is 3.27. The third kappa shape index (κ3) is 3.99. The Balaban J connectivity index is 1.60. The van der Waals surface area contributed by atoms with Crippen molar-refractivity contribution in [1.82, 2.24) is 15.2 Å². The average Bonchev–Trinajstić information content (AvgIpc) is 3.32. The van der Waals surface area contributed by atoms with Crippen LogP contribution in [0.3, 0.4) is 0 Å². The summed E-state index contributed by atoms with van der Waals surface area (Å²) in [5.74, 6) is -0.578. The van der Waals surface area contributed by atoms with E-state index >= 15 is 0 Å². The number of sulfone groups is 1. The largest absolute Gasteiger partial charge is 0.433 e. The number of pyridine rings is 1. The van der Waals surface area contributed by atoms with Gasteiger partial charge in [0.25, 0.3) is 5.91 Å². The van der Waals surface area contributed by atoms with Crippen molar-refractivity contribution in [2.75, 3.05) is 24.6 Å². The molecule has 158 valence electrons. The van der Waals surface area contributed by atoms with Crippen molar-refractivity contribution in [3.05, 3.63) is 28.3 Å². The lowest BCUT2D eigenvalue weighted by atomic mass is 10.1. The molecular formula is C18H20F3N3O3S2. The van der Waals surface area contributed by atoms with Gasteiger partial charge < -0.3 is 5.32 Å². The predicted octanol–water partition coefficient (Wildman–Crippen LogP) is 2.61. The molecule has 0 saturated carbocycles. The number of likely N-dealkylation sites (tertiary alicyclic amines) is 1. The zero-order valence-corrected chi connectivity index (χ0v) is 17.3. The van der Waals surface area contributed by atoms with Gasteiger partial charge in [0.05, 0.1) is 22.4 Å². The molecule has 2 aliphatic heterocycles. The summed E-state index contributed by atoms with van der Waals surface area (Å²) in [4.78, 5) is 19.0. The van der Waals surface area contributed by atoms with E-state index < -0.39 is 33.7 Å². The molecule has 2 atom stereocenters. The van der Waals surface area contributed by atoms with Crippen LogP contribution < -0.4 is 5.32 Å². The first-order chi connectivity index (χ1) is 13.5. The van der Waals surface area contributed by atoms with Crippen LogP contribution in [0.25, 0.3) is 10.2 Å². The molecule has 0 spiro atoms. The predicted molar refractivity (Wildman–Crippen MR) is 104 cm³/mol.